The third-order valence-corrected chi connectivity index (χ3v) is 4.02. The molecule has 1 aromatic heterocycles. The molecule has 6 nitrogen and oxygen atoms in total. The van der Waals surface area contributed by atoms with Crippen molar-refractivity contribution in [3.63, 3.8) is 0 Å². The first kappa shape index (κ1) is 16.9. The minimum Gasteiger partial charge on any atom is -0.506 e. The highest BCUT2D eigenvalue weighted by Crippen LogP contribution is 2.22. The van der Waals surface area contributed by atoms with Gasteiger partial charge < -0.3 is 14.9 Å². The van der Waals surface area contributed by atoms with E-state index in [0.717, 1.165) is 6.07 Å². The van der Waals surface area contributed by atoms with E-state index in [4.69, 9.17) is 0 Å². The van der Waals surface area contributed by atoms with Crippen LogP contribution in [-0.2, 0) is 0 Å². The van der Waals surface area contributed by atoms with Gasteiger partial charge in [0.25, 0.3) is 0 Å². The number of hydrogen-bond donors (Lipinski definition) is 2. The largest absolute Gasteiger partial charge is 0.506 e. The molecule has 0 saturated carbocycles. The van der Waals surface area contributed by atoms with Gasteiger partial charge in [0.1, 0.15) is 23.2 Å². The van der Waals surface area contributed by atoms with Crippen molar-refractivity contribution < 1.29 is 18.7 Å². The normalized spacial score (nSPS) is 15.0. The minimum absolute atomic E-state index is 0.0183. The van der Waals surface area contributed by atoms with E-state index in [1.807, 2.05) is 0 Å². The minimum atomic E-state index is -0.613. The third kappa shape index (κ3) is 4.14. The van der Waals surface area contributed by atoms with Gasteiger partial charge in [0, 0.05) is 32.2 Å². The van der Waals surface area contributed by atoms with Gasteiger partial charge in [-0.3, -0.25) is 5.32 Å². The standard InChI is InChI=1S/C17H18F2N4O2/c18-12-2-4-15(14(19)10-12)22-6-1-7-23(9-8-22)17(25)21-16-5-3-13(24)11-20-16/h2-5,10-11,24H,1,6-9H2,(H,20,21,25). The third-order valence-electron chi connectivity index (χ3n) is 4.02. The molecule has 2 aromatic rings. The maximum atomic E-state index is 13.9. The highest BCUT2D eigenvalue weighted by Gasteiger charge is 2.21. The maximum absolute atomic E-state index is 13.9. The van der Waals surface area contributed by atoms with Crippen LogP contribution in [-0.4, -0.2) is 47.2 Å². The van der Waals surface area contributed by atoms with Crippen LogP contribution in [0.15, 0.2) is 36.5 Å². The second kappa shape index (κ2) is 7.33. The number of carbonyl (C=O) groups is 1. The number of hydrogen-bond acceptors (Lipinski definition) is 4. The van der Waals surface area contributed by atoms with E-state index in [9.17, 15) is 18.7 Å². The number of benzene rings is 1. The molecule has 1 fully saturated rings. The number of anilines is 2. The lowest BCUT2D eigenvalue weighted by atomic mass is 10.2. The molecule has 2 N–H and O–H groups in total. The second-order valence-corrected chi connectivity index (χ2v) is 5.76. The van der Waals surface area contributed by atoms with Crippen molar-refractivity contribution in [1.29, 1.82) is 0 Å². The highest BCUT2D eigenvalue weighted by molar-refractivity contribution is 5.88. The van der Waals surface area contributed by atoms with Gasteiger partial charge in [-0.1, -0.05) is 0 Å². The number of aromatic nitrogens is 1. The average molecular weight is 348 g/mol. The number of pyridine rings is 1. The fraction of sp³-hybridized carbons (Fsp3) is 0.294. The van der Waals surface area contributed by atoms with E-state index in [1.165, 1.54) is 30.5 Å². The van der Waals surface area contributed by atoms with Crippen LogP contribution in [0.2, 0.25) is 0 Å². The van der Waals surface area contributed by atoms with E-state index in [1.54, 1.807) is 9.80 Å². The number of rotatable bonds is 2. The number of urea groups is 1. The molecule has 0 atom stereocenters. The summed E-state index contributed by atoms with van der Waals surface area (Å²) in [4.78, 5) is 19.7. The number of aromatic hydroxyl groups is 1. The Morgan fingerprint density at radius 2 is 1.96 bits per heavy atom. The molecule has 3 rings (SSSR count). The Labute approximate surface area is 143 Å². The summed E-state index contributed by atoms with van der Waals surface area (Å²) in [5, 5.41) is 11.9. The number of carbonyl (C=O) groups excluding carboxylic acids is 1. The summed E-state index contributed by atoms with van der Waals surface area (Å²) in [5.41, 5.74) is 0.337. The molecule has 8 heteroatoms. The van der Waals surface area contributed by atoms with Gasteiger partial charge in [0.2, 0.25) is 0 Å². The molecular formula is C17H18F2N4O2. The molecular weight excluding hydrogens is 330 g/mol. The van der Waals surface area contributed by atoms with Gasteiger partial charge in [-0.15, -0.1) is 0 Å². The van der Waals surface area contributed by atoms with Gasteiger partial charge in [-0.2, -0.15) is 0 Å². The topological polar surface area (TPSA) is 68.7 Å². The number of halogens is 2. The maximum Gasteiger partial charge on any atom is 0.323 e. The molecule has 2 heterocycles. The van der Waals surface area contributed by atoms with Crippen LogP contribution in [0.25, 0.3) is 0 Å². The summed E-state index contributed by atoms with van der Waals surface area (Å²) in [7, 11) is 0. The summed E-state index contributed by atoms with van der Waals surface area (Å²) < 4.78 is 27.0. The van der Waals surface area contributed by atoms with E-state index in [0.29, 0.717) is 44.1 Å². The first-order valence-corrected chi connectivity index (χ1v) is 7.94. The van der Waals surface area contributed by atoms with E-state index in [-0.39, 0.29) is 11.8 Å². The Balaban J connectivity index is 1.62. The Morgan fingerprint density at radius 1 is 1.12 bits per heavy atom. The summed E-state index contributed by atoms with van der Waals surface area (Å²) in [5.74, 6) is -0.858. The van der Waals surface area contributed by atoms with Crippen LogP contribution in [0, 0.1) is 11.6 Å². The molecule has 1 aliphatic heterocycles. The first-order chi connectivity index (χ1) is 12.0. The zero-order chi connectivity index (χ0) is 17.8. The molecule has 2 amide bonds. The van der Waals surface area contributed by atoms with Crippen LogP contribution < -0.4 is 10.2 Å². The van der Waals surface area contributed by atoms with Crippen molar-refractivity contribution in [2.24, 2.45) is 0 Å². The SMILES string of the molecule is O=C(Nc1ccc(O)cn1)N1CCCN(c2ccc(F)cc2F)CC1. The van der Waals surface area contributed by atoms with Crippen molar-refractivity contribution in [2.75, 3.05) is 36.4 Å². The molecule has 0 spiro atoms. The Bertz CT molecular complexity index is 755. The zero-order valence-electron chi connectivity index (χ0n) is 13.5. The Kier molecular flexibility index (Phi) is 4.97. The average Bonchev–Trinajstić information content (AvgIpc) is 2.83. The van der Waals surface area contributed by atoms with Crippen molar-refractivity contribution in [3.05, 3.63) is 48.2 Å². The first-order valence-electron chi connectivity index (χ1n) is 7.94. The molecule has 0 radical (unpaired) electrons. The quantitative estimate of drug-likeness (QED) is 0.876. The van der Waals surface area contributed by atoms with Crippen molar-refractivity contribution >= 4 is 17.5 Å². The van der Waals surface area contributed by atoms with Gasteiger partial charge >= 0.3 is 6.03 Å². The van der Waals surface area contributed by atoms with Crippen LogP contribution in [0.3, 0.4) is 0 Å². The zero-order valence-corrected chi connectivity index (χ0v) is 13.5. The van der Waals surface area contributed by atoms with Crippen LogP contribution >= 0.6 is 0 Å². The Morgan fingerprint density at radius 3 is 2.68 bits per heavy atom. The van der Waals surface area contributed by atoms with Gasteiger partial charge in [0.15, 0.2) is 0 Å². The molecule has 1 aliphatic rings. The number of nitrogens with zero attached hydrogens (tertiary/aromatic N) is 3. The fourth-order valence-corrected chi connectivity index (χ4v) is 2.75. The number of amides is 2. The smallest absolute Gasteiger partial charge is 0.323 e. The molecule has 1 aromatic carbocycles. The van der Waals surface area contributed by atoms with Crippen LogP contribution in [0.4, 0.5) is 25.1 Å². The molecule has 132 valence electrons. The molecule has 1 saturated heterocycles. The fourth-order valence-electron chi connectivity index (χ4n) is 2.75. The monoisotopic (exact) mass is 348 g/mol. The predicted molar refractivity (Wildman–Crippen MR) is 89.7 cm³/mol. The molecule has 0 unspecified atom stereocenters. The lowest BCUT2D eigenvalue weighted by molar-refractivity contribution is 0.215. The van der Waals surface area contributed by atoms with Crippen LogP contribution in [0.5, 0.6) is 5.75 Å². The summed E-state index contributed by atoms with van der Waals surface area (Å²) in [6.45, 7) is 1.94. The lowest BCUT2D eigenvalue weighted by Crippen LogP contribution is -2.38. The van der Waals surface area contributed by atoms with E-state index in [2.05, 4.69) is 10.3 Å². The van der Waals surface area contributed by atoms with Crippen molar-refractivity contribution in [3.8, 4) is 5.75 Å². The lowest BCUT2D eigenvalue weighted by Gasteiger charge is -2.24. The van der Waals surface area contributed by atoms with Crippen molar-refractivity contribution in [2.45, 2.75) is 6.42 Å². The summed E-state index contributed by atoms with van der Waals surface area (Å²) in [6, 6.07) is 6.14. The summed E-state index contributed by atoms with van der Waals surface area (Å²) >= 11 is 0. The van der Waals surface area contributed by atoms with Crippen molar-refractivity contribution in [1.82, 2.24) is 9.88 Å². The highest BCUT2D eigenvalue weighted by atomic mass is 19.1. The van der Waals surface area contributed by atoms with Gasteiger partial charge in [-0.05, 0) is 30.7 Å². The van der Waals surface area contributed by atoms with E-state index < -0.39 is 11.6 Å². The van der Waals surface area contributed by atoms with Gasteiger partial charge in [0.05, 0.1) is 11.9 Å². The molecule has 0 aliphatic carbocycles. The van der Waals surface area contributed by atoms with Crippen LogP contribution in [0.1, 0.15) is 6.42 Å². The molecule has 0 bridgehead atoms. The summed E-state index contributed by atoms with van der Waals surface area (Å²) in [6.07, 6.45) is 1.91. The van der Waals surface area contributed by atoms with Gasteiger partial charge in [-0.25, -0.2) is 18.6 Å². The predicted octanol–water partition coefficient (Wildman–Crippen LogP) is 2.81. The van der Waals surface area contributed by atoms with E-state index >= 15 is 0 Å². The molecule has 25 heavy (non-hydrogen) atoms. The second-order valence-electron chi connectivity index (χ2n) is 5.76. The number of nitrogens with one attached hydrogen (secondary N) is 1. The Hall–Kier alpha value is -2.90.